The van der Waals surface area contributed by atoms with Crippen LogP contribution in [0, 0.1) is 0 Å². The molecule has 0 amide bonds. The fraction of sp³-hybridized carbons (Fsp3) is 0.0952. The van der Waals surface area contributed by atoms with E-state index in [1.807, 2.05) is 54.6 Å². The lowest BCUT2D eigenvalue weighted by molar-refractivity contribution is 0.362. The number of nitrogens with zero attached hydrogens (tertiary/aromatic N) is 6. The maximum Gasteiger partial charge on any atom is 0.293 e. The number of fused-ring (bicyclic) bond motifs is 1. The summed E-state index contributed by atoms with van der Waals surface area (Å²) < 4.78 is 13.2. The van der Waals surface area contributed by atoms with Crippen LogP contribution in [0.15, 0.2) is 76.3 Å². The van der Waals surface area contributed by atoms with Crippen LogP contribution >= 0.6 is 0 Å². The van der Waals surface area contributed by atoms with E-state index in [4.69, 9.17) is 9.26 Å². The standard InChI is InChI=1S/C21H16N6O3/c1-29-16-9-7-14(8-10-16)17-11-18-21(28)26(22-13-27(18)24-17)12-19-23-20(25-30-19)15-5-3-2-4-6-15/h2-11,13H,12H2,1H3. The fourth-order valence-electron chi connectivity index (χ4n) is 3.11. The second-order valence-corrected chi connectivity index (χ2v) is 6.56. The van der Waals surface area contributed by atoms with Gasteiger partial charge in [0.25, 0.3) is 5.56 Å². The average Bonchev–Trinajstić information content (AvgIpc) is 3.44. The molecule has 0 fully saturated rings. The lowest BCUT2D eigenvalue weighted by atomic mass is 10.1. The lowest BCUT2D eigenvalue weighted by Gasteiger charge is -2.00. The van der Waals surface area contributed by atoms with Crippen molar-refractivity contribution in [3.05, 3.63) is 83.2 Å². The second kappa shape index (κ2) is 7.28. The molecule has 3 aromatic heterocycles. The zero-order valence-corrected chi connectivity index (χ0v) is 16.0. The first-order valence-electron chi connectivity index (χ1n) is 9.19. The van der Waals surface area contributed by atoms with E-state index in [0.717, 1.165) is 16.9 Å². The molecule has 0 spiro atoms. The molecule has 2 aromatic carbocycles. The molecule has 0 aliphatic heterocycles. The van der Waals surface area contributed by atoms with E-state index < -0.39 is 0 Å². The van der Waals surface area contributed by atoms with E-state index in [9.17, 15) is 4.79 Å². The first kappa shape index (κ1) is 17.8. The molecular formula is C21H16N6O3. The molecule has 3 heterocycles. The van der Waals surface area contributed by atoms with Gasteiger partial charge in [-0.1, -0.05) is 35.5 Å². The Morgan fingerprint density at radius 1 is 1.03 bits per heavy atom. The first-order valence-corrected chi connectivity index (χ1v) is 9.19. The highest BCUT2D eigenvalue weighted by molar-refractivity contribution is 5.65. The van der Waals surface area contributed by atoms with Crippen molar-refractivity contribution < 1.29 is 9.26 Å². The van der Waals surface area contributed by atoms with Crippen LogP contribution in [0.25, 0.3) is 28.2 Å². The van der Waals surface area contributed by atoms with Crippen molar-refractivity contribution in [1.82, 2.24) is 29.5 Å². The molecule has 0 aliphatic rings. The number of hydrogen-bond donors (Lipinski definition) is 0. The Hall–Kier alpha value is -4.27. The summed E-state index contributed by atoms with van der Waals surface area (Å²) in [4.78, 5) is 17.2. The second-order valence-electron chi connectivity index (χ2n) is 6.56. The van der Waals surface area contributed by atoms with Gasteiger partial charge in [-0.15, -0.1) is 0 Å². The van der Waals surface area contributed by atoms with Gasteiger partial charge in [-0.3, -0.25) is 4.79 Å². The van der Waals surface area contributed by atoms with Crippen molar-refractivity contribution in [2.75, 3.05) is 7.11 Å². The third-order valence-electron chi connectivity index (χ3n) is 4.66. The van der Waals surface area contributed by atoms with E-state index in [-0.39, 0.29) is 12.1 Å². The minimum Gasteiger partial charge on any atom is -0.497 e. The predicted octanol–water partition coefficient (Wildman–Crippen LogP) is 2.66. The zero-order chi connectivity index (χ0) is 20.5. The van der Waals surface area contributed by atoms with Gasteiger partial charge >= 0.3 is 0 Å². The normalized spacial score (nSPS) is 11.1. The third-order valence-corrected chi connectivity index (χ3v) is 4.66. The zero-order valence-electron chi connectivity index (χ0n) is 16.0. The molecule has 9 heteroatoms. The number of aromatic nitrogens is 6. The maximum absolute atomic E-state index is 12.9. The van der Waals surface area contributed by atoms with Gasteiger partial charge in [0.15, 0.2) is 0 Å². The Balaban J connectivity index is 1.45. The van der Waals surface area contributed by atoms with Crippen LogP contribution in [0.5, 0.6) is 5.75 Å². The summed E-state index contributed by atoms with van der Waals surface area (Å²) in [5.41, 5.74) is 2.47. The molecule has 30 heavy (non-hydrogen) atoms. The van der Waals surface area contributed by atoms with Crippen LogP contribution in [0.1, 0.15) is 5.89 Å². The van der Waals surface area contributed by atoms with Crippen LogP contribution in [-0.2, 0) is 6.54 Å². The number of benzene rings is 2. The van der Waals surface area contributed by atoms with Crippen LogP contribution in [0.4, 0.5) is 0 Å². The average molecular weight is 400 g/mol. The minimum atomic E-state index is -0.302. The van der Waals surface area contributed by atoms with Gasteiger partial charge in [0, 0.05) is 11.1 Å². The Morgan fingerprint density at radius 3 is 2.60 bits per heavy atom. The molecule has 0 N–H and O–H groups in total. The van der Waals surface area contributed by atoms with Gasteiger partial charge in [0.1, 0.15) is 24.1 Å². The molecule has 0 aliphatic carbocycles. The third kappa shape index (κ3) is 3.22. The van der Waals surface area contributed by atoms with Crippen molar-refractivity contribution >= 4 is 5.52 Å². The Morgan fingerprint density at radius 2 is 1.83 bits per heavy atom. The van der Waals surface area contributed by atoms with E-state index in [1.165, 1.54) is 15.5 Å². The Labute approximate surface area is 170 Å². The molecule has 5 rings (SSSR count). The van der Waals surface area contributed by atoms with E-state index in [0.29, 0.717) is 22.9 Å². The molecule has 148 valence electrons. The minimum absolute atomic E-state index is 0.0677. The van der Waals surface area contributed by atoms with Gasteiger partial charge in [0.05, 0.1) is 12.8 Å². The summed E-state index contributed by atoms with van der Waals surface area (Å²) in [6.07, 6.45) is 1.48. The Kier molecular flexibility index (Phi) is 4.32. The van der Waals surface area contributed by atoms with Crippen LogP contribution in [0.2, 0.25) is 0 Å². The molecule has 0 atom stereocenters. The summed E-state index contributed by atoms with van der Waals surface area (Å²) >= 11 is 0. The number of hydrogen-bond acceptors (Lipinski definition) is 7. The summed E-state index contributed by atoms with van der Waals surface area (Å²) in [7, 11) is 1.61. The molecule has 5 aromatic rings. The van der Waals surface area contributed by atoms with Crippen molar-refractivity contribution in [1.29, 1.82) is 0 Å². The summed E-state index contributed by atoms with van der Waals surface area (Å²) in [5.74, 6) is 1.51. The number of methoxy groups -OCH3 is 1. The molecule has 0 bridgehead atoms. The van der Waals surface area contributed by atoms with E-state index >= 15 is 0 Å². The lowest BCUT2D eigenvalue weighted by Crippen LogP contribution is -2.25. The highest BCUT2D eigenvalue weighted by Gasteiger charge is 2.14. The van der Waals surface area contributed by atoms with Crippen LogP contribution in [-0.4, -0.2) is 36.6 Å². The van der Waals surface area contributed by atoms with Gasteiger partial charge in [-0.2, -0.15) is 15.2 Å². The fourth-order valence-corrected chi connectivity index (χ4v) is 3.11. The summed E-state index contributed by atoms with van der Waals surface area (Å²) in [6.45, 7) is 0.0677. The maximum atomic E-state index is 12.9. The first-order chi connectivity index (χ1) is 14.7. The summed E-state index contributed by atoms with van der Waals surface area (Å²) in [5, 5.41) is 12.6. The highest BCUT2D eigenvalue weighted by Crippen LogP contribution is 2.21. The van der Waals surface area contributed by atoms with Crippen molar-refractivity contribution in [2.45, 2.75) is 6.54 Å². The molecule has 0 saturated carbocycles. The van der Waals surface area contributed by atoms with Crippen molar-refractivity contribution in [3.8, 4) is 28.4 Å². The topological polar surface area (TPSA) is 100 Å². The van der Waals surface area contributed by atoms with Crippen LogP contribution in [0.3, 0.4) is 0 Å². The smallest absolute Gasteiger partial charge is 0.293 e. The summed E-state index contributed by atoms with van der Waals surface area (Å²) in [6, 6.07) is 18.7. The van der Waals surface area contributed by atoms with Gasteiger partial charge in [0.2, 0.25) is 11.7 Å². The van der Waals surface area contributed by atoms with Gasteiger partial charge in [-0.25, -0.2) is 9.20 Å². The van der Waals surface area contributed by atoms with E-state index in [1.54, 1.807) is 13.2 Å². The van der Waals surface area contributed by atoms with Gasteiger partial charge in [-0.05, 0) is 30.3 Å². The molecular weight excluding hydrogens is 384 g/mol. The largest absolute Gasteiger partial charge is 0.497 e. The van der Waals surface area contributed by atoms with Crippen molar-refractivity contribution in [3.63, 3.8) is 0 Å². The quantitative estimate of drug-likeness (QED) is 0.447. The number of rotatable bonds is 5. The van der Waals surface area contributed by atoms with Gasteiger partial charge < -0.3 is 9.26 Å². The highest BCUT2D eigenvalue weighted by atomic mass is 16.5. The molecule has 9 nitrogen and oxygen atoms in total. The monoisotopic (exact) mass is 400 g/mol. The molecule has 0 radical (unpaired) electrons. The molecule has 0 unspecified atom stereocenters. The van der Waals surface area contributed by atoms with E-state index in [2.05, 4.69) is 20.3 Å². The SMILES string of the molecule is COc1ccc(-c2cc3c(=O)n(Cc4nc(-c5ccccc5)no4)ncn3n2)cc1. The Bertz CT molecular complexity index is 1370. The van der Waals surface area contributed by atoms with Crippen molar-refractivity contribution in [2.24, 2.45) is 0 Å². The number of ether oxygens (including phenoxy) is 1. The van der Waals surface area contributed by atoms with Crippen LogP contribution < -0.4 is 10.3 Å². The molecule has 0 saturated heterocycles. The predicted molar refractivity (Wildman–Crippen MR) is 108 cm³/mol.